The number of benzene rings is 2. The van der Waals surface area contributed by atoms with Gasteiger partial charge >= 0.3 is 5.97 Å². The van der Waals surface area contributed by atoms with Gasteiger partial charge in [-0.15, -0.1) is 0 Å². The lowest BCUT2D eigenvalue weighted by Crippen LogP contribution is -2.46. The van der Waals surface area contributed by atoms with E-state index < -0.39 is 17.0 Å². The molecule has 8 nitrogen and oxygen atoms in total. The zero-order valence-electron chi connectivity index (χ0n) is 29.9. The molecule has 1 aliphatic heterocycles. The van der Waals surface area contributed by atoms with Crippen molar-refractivity contribution in [3.8, 4) is 0 Å². The van der Waals surface area contributed by atoms with E-state index in [1.54, 1.807) is 68.8 Å². The smallest absolute Gasteiger partial charge is 0.312 e. The first-order valence-corrected chi connectivity index (χ1v) is 16.9. The largest absolute Gasteiger partial charge is 0.500 e. The van der Waals surface area contributed by atoms with E-state index in [0.717, 1.165) is 30.5 Å². The third kappa shape index (κ3) is 6.64. The first-order chi connectivity index (χ1) is 23.9. The average molecular weight is 686 g/mol. The molecule has 0 spiro atoms. The van der Waals surface area contributed by atoms with Crippen LogP contribution in [0.5, 0.6) is 0 Å². The summed E-state index contributed by atoms with van der Waals surface area (Å²) in [4.78, 5) is 25.5. The number of hydrogen-bond acceptors (Lipinski definition) is 7. The third-order valence-electron chi connectivity index (χ3n) is 8.75. The Hall–Kier alpha value is -4.96. The lowest BCUT2D eigenvalue weighted by Gasteiger charge is -2.44. The van der Waals surface area contributed by atoms with Crippen LogP contribution in [0.3, 0.4) is 0 Å². The summed E-state index contributed by atoms with van der Waals surface area (Å²) in [5, 5.41) is 4.35. The molecule has 5 rings (SSSR count). The second-order valence-electron chi connectivity index (χ2n) is 13.4. The zero-order chi connectivity index (χ0) is 36.3. The summed E-state index contributed by atoms with van der Waals surface area (Å²) in [6, 6.07) is 6.13. The quantitative estimate of drug-likeness (QED) is 0.0430. The van der Waals surface area contributed by atoms with Crippen LogP contribution < -0.4 is 5.01 Å². The summed E-state index contributed by atoms with van der Waals surface area (Å²) in [6.07, 6.45) is 12.4. The highest BCUT2D eigenvalue weighted by Gasteiger charge is 2.35. The summed E-state index contributed by atoms with van der Waals surface area (Å²) < 4.78 is 50.6. The number of rotatable bonds is 14. The molecule has 264 valence electrons. The number of aldehydes is 1. The second kappa shape index (κ2) is 14.9. The van der Waals surface area contributed by atoms with Crippen molar-refractivity contribution in [3.63, 3.8) is 0 Å². The van der Waals surface area contributed by atoms with Crippen molar-refractivity contribution < 1.29 is 32.3 Å². The number of hydrogen-bond donors (Lipinski definition) is 0. The Kier molecular flexibility index (Phi) is 10.8. The predicted molar refractivity (Wildman–Crippen MR) is 194 cm³/mol. The molecule has 0 radical (unpaired) electrons. The van der Waals surface area contributed by atoms with Crippen molar-refractivity contribution in [1.29, 1.82) is 0 Å². The standard InChI is InChI=1S/C40H45F2N3O5/c1-9-12-15-27(35(48-8)14-11-3)36-34(23-46)44(33-21-30(42)26-17-18-49-38(26)37(33)36)22-25-19-28-31(16-13-10-2)45(32(28)20-29(25)41)43(7)24-50-39(47)40(4,5)6/h9,12,15-21,23H,1,10-11,13-14,22,24H2,2-8H3/b15-12-,31-16?,35-27-. The number of furan rings is 1. The number of halogens is 2. The van der Waals surface area contributed by atoms with Crippen LogP contribution in [0.25, 0.3) is 33.1 Å². The van der Waals surface area contributed by atoms with Gasteiger partial charge in [-0.1, -0.05) is 51.2 Å². The van der Waals surface area contributed by atoms with Crippen LogP contribution in [0.4, 0.5) is 14.5 Å². The number of methoxy groups -OCH3 is 1. The maximum atomic E-state index is 16.2. The number of allylic oxidation sites excluding steroid dienone is 6. The fourth-order valence-electron chi connectivity index (χ4n) is 6.29. The lowest BCUT2D eigenvalue weighted by molar-refractivity contribution is -0.157. The van der Waals surface area contributed by atoms with E-state index in [2.05, 4.69) is 19.6 Å². The molecule has 0 N–H and O–H groups in total. The maximum Gasteiger partial charge on any atom is 0.312 e. The molecule has 0 saturated carbocycles. The zero-order valence-corrected chi connectivity index (χ0v) is 29.9. The summed E-state index contributed by atoms with van der Waals surface area (Å²) in [6.45, 7) is 13.2. The Bertz CT molecular complexity index is 2040. The number of anilines is 1. The predicted octanol–water partition coefficient (Wildman–Crippen LogP) is 9.78. The van der Waals surface area contributed by atoms with Crippen LogP contribution in [0.1, 0.15) is 87.5 Å². The summed E-state index contributed by atoms with van der Waals surface area (Å²) in [7, 11) is 3.35. The second-order valence-corrected chi connectivity index (χ2v) is 13.4. The summed E-state index contributed by atoms with van der Waals surface area (Å²) in [5.41, 5.74) is 3.93. The minimum Gasteiger partial charge on any atom is -0.500 e. The van der Waals surface area contributed by atoms with Crippen molar-refractivity contribution in [2.75, 3.05) is 25.9 Å². The monoisotopic (exact) mass is 685 g/mol. The van der Waals surface area contributed by atoms with Crippen molar-refractivity contribution in [3.05, 3.63) is 101 Å². The molecular formula is C40H45F2N3O5. The first-order valence-electron chi connectivity index (χ1n) is 16.9. The number of nitrogens with zero attached hydrogens (tertiary/aromatic N) is 3. The molecule has 10 heteroatoms. The van der Waals surface area contributed by atoms with E-state index in [1.807, 2.05) is 18.0 Å². The molecule has 3 heterocycles. The molecule has 0 amide bonds. The lowest BCUT2D eigenvalue weighted by atomic mass is 9.96. The van der Waals surface area contributed by atoms with Gasteiger partial charge in [0.05, 0.1) is 58.7 Å². The van der Waals surface area contributed by atoms with Gasteiger partial charge in [0.2, 0.25) is 0 Å². The molecule has 4 aromatic rings. The number of ether oxygens (including phenoxy) is 2. The number of esters is 1. The number of aromatic nitrogens is 1. The molecule has 0 bridgehead atoms. The van der Waals surface area contributed by atoms with E-state index in [0.29, 0.717) is 51.8 Å². The Labute approximate surface area is 291 Å². The molecule has 0 saturated heterocycles. The number of fused-ring (bicyclic) bond motifs is 4. The summed E-state index contributed by atoms with van der Waals surface area (Å²) in [5.74, 6) is -0.741. The molecule has 2 aromatic heterocycles. The fourth-order valence-corrected chi connectivity index (χ4v) is 6.29. The van der Waals surface area contributed by atoms with Gasteiger partial charge in [0.25, 0.3) is 0 Å². The molecular weight excluding hydrogens is 640 g/mol. The van der Waals surface area contributed by atoms with E-state index in [1.165, 1.54) is 18.4 Å². The average Bonchev–Trinajstić information content (AvgIpc) is 3.68. The minimum absolute atomic E-state index is 0.0202. The van der Waals surface area contributed by atoms with Crippen LogP contribution in [-0.4, -0.2) is 42.7 Å². The first kappa shape index (κ1) is 36.3. The fraction of sp³-hybridized carbons (Fsp3) is 0.350. The number of hydrazine groups is 1. The molecule has 0 fully saturated rings. The van der Waals surface area contributed by atoms with E-state index in [9.17, 15) is 9.59 Å². The van der Waals surface area contributed by atoms with Crippen LogP contribution in [0.15, 0.2) is 71.6 Å². The number of unbranched alkanes of at least 4 members (excludes halogenated alkanes) is 1. The molecule has 2 aromatic carbocycles. The van der Waals surface area contributed by atoms with Gasteiger partial charge in [-0.2, -0.15) is 5.01 Å². The van der Waals surface area contributed by atoms with Gasteiger partial charge in [-0.3, -0.25) is 14.6 Å². The van der Waals surface area contributed by atoms with Gasteiger partial charge in [0.1, 0.15) is 23.0 Å². The Morgan fingerprint density at radius 1 is 1.12 bits per heavy atom. The molecule has 1 aliphatic rings. The van der Waals surface area contributed by atoms with Crippen molar-refractivity contribution >= 4 is 51.1 Å². The van der Waals surface area contributed by atoms with E-state index in [-0.39, 0.29) is 35.9 Å². The number of carbonyl (C=O) groups excluding carboxylic acids is 2. The van der Waals surface area contributed by atoms with E-state index >= 15 is 8.78 Å². The van der Waals surface area contributed by atoms with Crippen LogP contribution in [0.2, 0.25) is 0 Å². The van der Waals surface area contributed by atoms with Gasteiger partial charge in [-0.25, -0.2) is 8.78 Å². The highest BCUT2D eigenvalue weighted by Crippen LogP contribution is 2.46. The number of carbonyl (C=O) groups is 2. The van der Waals surface area contributed by atoms with Crippen molar-refractivity contribution in [2.45, 2.75) is 66.8 Å². The third-order valence-corrected chi connectivity index (χ3v) is 8.75. The topological polar surface area (TPSA) is 77.1 Å². The molecule has 0 atom stereocenters. The van der Waals surface area contributed by atoms with Gasteiger partial charge < -0.3 is 18.5 Å². The van der Waals surface area contributed by atoms with Gasteiger partial charge in [-0.05, 0) is 51.8 Å². The van der Waals surface area contributed by atoms with Gasteiger partial charge in [0, 0.05) is 41.8 Å². The Morgan fingerprint density at radius 2 is 1.88 bits per heavy atom. The molecule has 0 unspecified atom stereocenters. The minimum atomic E-state index is -0.663. The van der Waals surface area contributed by atoms with Crippen LogP contribution in [0, 0.1) is 17.0 Å². The highest BCUT2D eigenvalue weighted by atomic mass is 19.1. The van der Waals surface area contributed by atoms with Crippen molar-refractivity contribution in [1.82, 2.24) is 9.58 Å². The van der Waals surface area contributed by atoms with Crippen LogP contribution >= 0.6 is 0 Å². The summed E-state index contributed by atoms with van der Waals surface area (Å²) >= 11 is 0. The SMILES string of the molecule is C=C/C=C\C(=C(/CCC)OC)c1c(C=O)n(Cc2cc3c(cc2F)N(N(C)COC(=O)C(C)(C)C)C3=CCCC)c2cc(F)c3ccoc3c12. The van der Waals surface area contributed by atoms with Crippen molar-refractivity contribution in [2.24, 2.45) is 5.41 Å². The van der Waals surface area contributed by atoms with Crippen LogP contribution in [-0.2, 0) is 20.8 Å². The van der Waals surface area contributed by atoms with E-state index in [4.69, 9.17) is 13.9 Å². The normalized spacial score (nSPS) is 14.4. The Morgan fingerprint density at radius 3 is 2.52 bits per heavy atom. The Balaban J connectivity index is 1.67. The molecule has 0 aliphatic carbocycles. The molecule has 50 heavy (non-hydrogen) atoms. The highest BCUT2D eigenvalue weighted by molar-refractivity contribution is 6.14. The van der Waals surface area contributed by atoms with Gasteiger partial charge in [0.15, 0.2) is 13.0 Å². The maximum absolute atomic E-state index is 16.2.